The lowest BCUT2D eigenvalue weighted by Crippen LogP contribution is -2.21. The van der Waals surface area contributed by atoms with Crippen molar-refractivity contribution in [1.29, 1.82) is 5.39 Å². The quantitative estimate of drug-likeness (QED) is 0.462. The third kappa shape index (κ3) is 6.73. The van der Waals surface area contributed by atoms with Gasteiger partial charge in [-0.3, -0.25) is 0 Å². The van der Waals surface area contributed by atoms with E-state index < -0.39 is 7.25 Å². The Morgan fingerprint density at radius 2 is 1.56 bits per heavy atom. The largest absolute Gasteiger partial charge is 0.673 e. The van der Waals surface area contributed by atoms with Gasteiger partial charge in [-0.2, -0.15) is 0 Å². The van der Waals surface area contributed by atoms with Crippen LogP contribution in [0.4, 0.5) is 28.6 Å². The molecule has 0 unspecified atom stereocenters. The molecule has 0 atom stereocenters. The van der Waals surface area contributed by atoms with E-state index in [0.29, 0.717) is 5.69 Å². The topological polar surface area (TPSA) is 31.4 Å². The van der Waals surface area contributed by atoms with Gasteiger partial charge >= 0.3 is 12.9 Å². The minimum absolute atomic E-state index is 0.631. The normalized spacial score (nSPS) is 10.1. The molecule has 0 bridgehead atoms. The second-order valence-electron chi connectivity index (χ2n) is 3.26. The van der Waals surface area contributed by atoms with E-state index in [4.69, 9.17) is 5.39 Å². The molecule has 0 saturated carbocycles. The van der Waals surface area contributed by atoms with Crippen LogP contribution in [0.25, 0.3) is 4.98 Å². The van der Waals surface area contributed by atoms with Gasteiger partial charge in [-0.15, -0.1) is 0 Å². The van der Waals surface area contributed by atoms with E-state index in [-0.39, 0.29) is 0 Å². The fourth-order valence-electron chi connectivity index (χ4n) is 1.38. The van der Waals surface area contributed by atoms with Crippen molar-refractivity contribution in [2.45, 2.75) is 13.8 Å². The fourth-order valence-corrected chi connectivity index (χ4v) is 1.38. The van der Waals surface area contributed by atoms with Gasteiger partial charge in [-0.25, -0.2) is 0 Å². The number of hydrogen-bond acceptors (Lipinski definition) is 2. The van der Waals surface area contributed by atoms with Crippen molar-refractivity contribution in [3.8, 4) is 0 Å². The molecule has 1 rings (SSSR count). The Morgan fingerprint density at radius 3 is 1.94 bits per heavy atom. The van der Waals surface area contributed by atoms with E-state index in [0.717, 1.165) is 18.8 Å². The first-order valence-corrected chi connectivity index (χ1v) is 5.39. The van der Waals surface area contributed by atoms with Gasteiger partial charge in [0.25, 0.3) is 0 Å². The second-order valence-corrected chi connectivity index (χ2v) is 3.26. The lowest BCUT2D eigenvalue weighted by atomic mass is 10.2. The Morgan fingerprint density at radius 1 is 1.11 bits per heavy atom. The van der Waals surface area contributed by atoms with E-state index in [1.165, 1.54) is 0 Å². The Balaban J connectivity index is 0.000000494. The molecule has 0 aliphatic rings. The summed E-state index contributed by atoms with van der Waals surface area (Å²) in [6, 6.07) is 7.57. The van der Waals surface area contributed by atoms with Crippen molar-refractivity contribution < 1.29 is 17.3 Å². The second kappa shape index (κ2) is 7.53. The van der Waals surface area contributed by atoms with Crippen LogP contribution in [-0.4, -0.2) is 20.3 Å². The summed E-state index contributed by atoms with van der Waals surface area (Å²) in [4.78, 5) is 5.39. The van der Waals surface area contributed by atoms with Crippen LogP contribution in [0.5, 0.6) is 0 Å². The van der Waals surface area contributed by atoms with Crippen LogP contribution in [0.3, 0.4) is 0 Å². The van der Waals surface area contributed by atoms with Crippen LogP contribution in [-0.2, 0) is 0 Å². The summed E-state index contributed by atoms with van der Waals surface area (Å²) in [5, 5.41) is 8.76. The summed E-state index contributed by atoms with van der Waals surface area (Å²) in [6.45, 7) is 6.00. The first kappa shape index (κ1) is 16.2. The van der Waals surface area contributed by atoms with Gasteiger partial charge in [0.1, 0.15) is 5.69 Å². The minimum Gasteiger partial charge on any atom is -0.418 e. The molecule has 100 valence electrons. The van der Waals surface area contributed by atoms with Crippen LogP contribution < -0.4 is 4.90 Å². The molecular weight excluding hydrogens is 249 g/mol. The molecule has 0 N–H and O–H groups in total. The lowest BCUT2D eigenvalue weighted by Gasteiger charge is -2.18. The fraction of sp³-hybridized carbons (Fsp3) is 0.400. The molecule has 8 heteroatoms. The maximum Gasteiger partial charge on any atom is 0.673 e. The zero-order chi connectivity index (χ0) is 14.2. The molecule has 0 aromatic heterocycles. The zero-order valence-electron chi connectivity index (χ0n) is 10.2. The molecule has 1 aromatic rings. The standard InChI is InChI=1S/C10H14N3.BF4/c1-3-13(4-2)10-8-6-5-7-9(10)12-11;2-1(3,4)5/h5-8H,3-4H2,1-2H3;/q+1;-1. The van der Waals surface area contributed by atoms with Gasteiger partial charge in [0, 0.05) is 19.2 Å². The third-order valence-corrected chi connectivity index (χ3v) is 2.09. The Hall–Kier alpha value is -1.78. The smallest absolute Gasteiger partial charge is 0.418 e. The van der Waals surface area contributed by atoms with Crippen LogP contribution in [0.15, 0.2) is 24.3 Å². The number of hydrogen-bond donors (Lipinski definition) is 0. The molecule has 0 amide bonds. The van der Waals surface area contributed by atoms with Gasteiger partial charge in [-0.05, 0) is 19.9 Å². The molecular formula is C10H14BF4N3. The Kier molecular flexibility index (Phi) is 6.79. The molecule has 3 nitrogen and oxygen atoms in total. The molecule has 18 heavy (non-hydrogen) atoms. The molecule has 0 saturated heterocycles. The molecule has 0 heterocycles. The van der Waals surface area contributed by atoms with Crippen molar-refractivity contribution in [3.63, 3.8) is 0 Å². The van der Waals surface area contributed by atoms with Crippen LogP contribution in [0, 0.1) is 5.39 Å². The number of diazo groups is 1. The van der Waals surface area contributed by atoms with E-state index in [1.807, 2.05) is 18.2 Å². The highest BCUT2D eigenvalue weighted by Crippen LogP contribution is 2.27. The summed E-state index contributed by atoms with van der Waals surface area (Å²) < 4.78 is 39.0. The minimum atomic E-state index is -6.00. The third-order valence-electron chi connectivity index (χ3n) is 2.09. The summed E-state index contributed by atoms with van der Waals surface area (Å²) >= 11 is 0. The van der Waals surface area contributed by atoms with Gasteiger partial charge in [0.05, 0.1) is 0 Å². The molecule has 0 aliphatic heterocycles. The number of nitrogens with zero attached hydrogens (tertiary/aromatic N) is 3. The van der Waals surface area contributed by atoms with Crippen molar-refractivity contribution in [3.05, 3.63) is 29.2 Å². The SMILES string of the molecule is CCN(CC)c1ccccc1[N+]#N.F[B-](F)(F)F. The number of halogens is 4. The van der Waals surface area contributed by atoms with Gasteiger partial charge in [0.2, 0.25) is 5.39 Å². The molecule has 0 radical (unpaired) electrons. The number of anilines is 1. The van der Waals surface area contributed by atoms with Crippen molar-refractivity contribution in [2.75, 3.05) is 18.0 Å². The van der Waals surface area contributed by atoms with Crippen LogP contribution in [0.2, 0.25) is 0 Å². The average molecular weight is 263 g/mol. The van der Waals surface area contributed by atoms with E-state index >= 15 is 0 Å². The molecule has 0 fully saturated rings. The number of para-hydroxylation sites is 1. The summed E-state index contributed by atoms with van der Waals surface area (Å²) in [5.41, 5.74) is 1.61. The summed E-state index contributed by atoms with van der Waals surface area (Å²) in [6.07, 6.45) is 0. The highest BCUT2D eigenvalue weighted by atomic mass is 19.5. The van der Waals surface area contributed by atoms with E-state index in [9.17, 15) is 17.3 Å². The predicted octanol–water partition coefficient (Wildman–Crippen LogP) is 4.32. The number of benzene rings is 1. The highest BCUT2D eigenvalue weighted by molar-refractivity contribution is 6.50. The van der Waals surface area contributed by atoms with Gasteiger partial charge in [-0.1, -0.05) is 12.1 Å². The summed E-state index contributed by atoms with van der Waals surface area (Å²) in [5.74, 6) is 0. The first-order chi connectivity index (χ1) is 8.33. The Bertz CT molecular complexity index is 393. The maximum atomic E-state index is 9.75. The Labute approximate surface area is 103 Å². The first-order valence-electron chi connectivity index (χ1n) is 5.39. The highest BCUT2D eigenvalue weighted by Gasteiger charge is 2.20. The summed E-state index contributed by atoms with van der Waals surface area (Å²) in [7, 11) is -6.00. The van der Waals surface area contributed by atoms with Gasteiger partial charge < -0.3 is 22.2 Å². The van der Waals surface area contributed by atoms with E-state index in [1.54, 1.807) is 6.07 Å². The average Bonchev–Trinajstić information content (AvgIpc) is 2.29. The van der Waals surface area contributed by atoms with Crippen molar-refractivity contribution >= 4 is 18.6 Å². The molecule has 1 aromatic carbocycles. The molecule has 0 aliphatic carbocycles. The van der Waals surface area contributed by atoms with E-state index in [2.05, 4.69) is 23.7 Å². The van der Waals surface area contributed by atoms with Crippen LogP contribution in [0.1, 0.15) is 13.8 Å². The maximum absolute atomic E-state index is 9.75. The van der Waals surface area contributed by atoms with Crippen LogP contribution >= 0.6 is 0 Å². The predicted molar refractivity (Wildman–Crippen MR) is 64.9 cm³/mol. The monoisotopic (exact) mass is 263 g/mol. The molecule has 0 spiro atoms. The van der Waals surface area contributed by atoms with Gasteiger partial charge in [0.15, 0.2) is 4.98 Å². The lowest BCUT2D eigenvalue weighted by molar-refractivity contribution is 0.368. The van der Waals surface area contributed by atoms with Crippen molar-refractivity contribution in [1.82, 2.24) is 0 Å². The zero-order valence-corrected chi connectivity index (χ0v) is 10.2. The van der Waals surface area contributed by atoms with Crippen molar-refractivity contribution in [2.24, 2.45) is 0 Å². The number of rotatable bonds is 3.